The van der Waals surface area contributed by atoms with Crippen molar-refractivity contribution < 1.29 is 0 Å². The maximum Gasteiger partial charge on any atom is 0.347 e. The summed E-state index contributed by atoms with van der Waals surface area (Å²) in [6, 6.07) is 7.58. The first-order chi connectivity index (χ1) is 10.5. The molecule has 3 aromatic rings. The summed E-state index contributed by atoms with van der Waals surface area (Å²) in [5, 5.41) is 0. The molecule has 6 heteroatoms. The van der Waals surface area contributed by atoms with Crippen molar-refractivity contribution >= 4 is 11.0 Å². The van der Waals surface area contributed by atoms with E-state index in [9.17, 15) is 9.59 Å². The number of fused-ring (bicyclic) bond motifs is 1. The van der Waals surface area contributed by atoms with Crippen LogP contribution in [0.2, 0.25) is 0 Å². The molecule has 1 N–H and O–H groups in total. The molecule has 0 spiro atoms. The molecule has 0 atom stereocenters. The molecule has 0 fully saturated rings. The Labute approximate surface area is 127 Å². The van der Waals surface area contributed by atoms with Crippen LogP contribution in [0.15, 0.2) is 40.2 Å². The molecule has 0 bridgehead atoms. The van der Waals surface area contributed by atoms with Crippen LogP contribution in [0.25, 0.3) is 11.0 Å². The Morgan fingerprint density at radius 3 is 2.64 bits per heavy atom. The predicted octanol–water partition coefficient (Wildman–Crippen LogP) is 1.88. The fourth-order valence-electron chi connectivity index (χ4n) is 2.85. The third-order valence-electron chi connectivity index (χ3n) is 3.79. The summed E-state index contributed by atoms with van der Waals surface area (Å²) in [6.45, 7) is 5.84. The number of hydrogen-bond acceptors (Lipinski definition) is 3. The van der Waals surface area contributed by atoms with E-state index >= 15 is 0 Å². The molecule has 2 aromatic heterocycles. The van der Waals surface area contributed by atoms with E-state index in [-0.39, 0.29) is 11.5 Å². The standard InChI is InChI=1S/C16H18N4O2/c1-4-12-14(10(2)3)15(21)18-16(22)20(12)19-9-17-11-7-5-6-8-13(11)19/h5-10H,4H2,1-3H3,(H,18,21,22). The highest BCUT2D eigenvalue weighted by Crippen LogP contribution is 2.17. The Morgan fingerprint density at radius 2 is 1.95 bits per heavy atom. The van der Waals surface area contributed by atoms with Crippen LogP contribution in [0, 0.1) is 0 Å². The molecule has 0 aliphatic heterocycles. The van der Waals surface area contributed by atoms with Crippen LogP contribution in [0.4, 0.5) is 0 Å². The summed E-state index contributed by atoms with van der Waals surface area (Å²) in [7, 11) is 0. The van der Waals surface area contributed by atoms with E-state index < -0.39 is 5.69 Å². The topological polar surface area (TPSA) is 72.7 Å². The van der Waals surface area contributed by atoms with Gasteiger partial charge in [-0.25, -0.2) is 19.1 Å². The maximum atomic E-state index is 12.4. The van der Waals surface area contributed by atoms with E-state index in [1.54, 1.807) is 11.0 Å². The number of para-hydroxylation sites is 2. The molecule has 2 heterocycles. The van der Waals surface area contributed by atoms with Crippen LogP contribution >= 0.6 is 0 Å². The highest BCUT2D eigenvalue weighted by atomic mass is 16.2. The lowest BCUT2D eigenvalue weighted by atomic mass is 10.0. The maximum absolute atomic E-state index is 12.4. The highest BCUT2D eigenvalue weighted by molar-refractivity contribution is 5.74. The lowest BCUT2D eigenvalue weighted by molar-refractivity contribution is 0.573. The molecular weight excluding hydrogens is 280 g/mol. The van der Waals surface area contributed by atoms with Gasteiger partial charge in [-0.2, -0.15) is 0 Å². The van der Waals surface area contributed by atoms with Crippen molar-refractivity contribution in [2.45, 2.75) is 33.1 Å². The second-order valence-electron chi connectivity index (χ2n) is 5.52. The number of rotatable bonds is 3. The molecule has 0 saturated carbocycles. The van der Waals surface area contributed by atoms with Crippen molar-refractivity contribution in [3.63, 3.8) is 0 Å². The first-order valence-electron chi connectivity index (χ1n) is 7.35. The SMILES string of the molecule is CCc1c(C(C)C)c(=O)[nH]c(=O)n1-n1cnc2ccccc21. The quantitative estimate of drug-likeness (QED) is 0.802. The zero-order valence-electron chi connectivity index (χ0n) is 12.8. The van der Waals surface area contributed by atoms with Crippen LogP contribution in [0.1, 0.15) is 37.9 Å². The van der Waals surface area contributed by atoms with E-state index in [1.807, 2.05) is 45.0 Å². The van der Waals surface area contributed by atoms with Gasteiger partial charge in [0.25, 0.3) is 5.56 Å². The van der Waals surface area contributed by atoms with Gasteiger partial charge in [0.15, 0.2) is 0 Å². The van der Waals surface area contributed by atoms with E-state index in [0.717, 1.165) is 11.0 Å². The monoisotopic (exact) mass is 298 g/mol. The summed E-state index contributed by atoms with van der Waals surface area (Å²) in [5.74, 6) is 0.0281. The van der Waals surface area contributed by atoms with Crippen LogP contribution in [-0.4, -0.2) is 19.3 Å². The fourth-order valence-corrected chi connectivity index (χ4v) is 2.85. The molecule has 114 valence electrons. The van der Waals surface area contributed by atoms with Crippen molar-refractivity contribution in [2.75, 3.05) is 0 Å². The number of nitrogens with zero attached hydrogens (tertiary/aromatic N) is 3. The average Bonchev–Trinajstić information content (AvgIpc) is 2.89. The summed E-state index contributed by atoms with van der Waals surface area (Å²) in [5.41, 5.74) is 2.22. The van der Waals surface area contributed by atoms with Gasteiger partial charge in [0.2, 0.25) is 0 Å². The Hall–Kier alpha value is -2.63. The number of imidazole rings is 1. The Balaban J connectivity index is 2.43. The molecule has 22 heavy (non-hydrogen) atoms. The summed E-state index contributed by atoms with van der Waals surface area (Å²) < 4.78 is 3.20. The van der Waals surface area contributed by atoms with Gasteiger partial charge < -0.3 is 0 Å². The minimum atomic E-state index is -0.450. The van der Waals surface area contributed by atoms with E-state index in [4.69, 9.17) is 0 Å². The molecule has 0 amide bonds. The zero-order chi connectivity index (χ0) is 15.9. The smallest absolute Gasteiger partial charge is 0.272 e. The number of aromatic nitrogens is 4. The van der Waals surface area contributed by atoms with Gasteiger partial charge >= 0.3 is 5.69 Å². The zero-order valence-corrected chi connectivity index (χ0v) is 12.8. The first-order valence-corrected chi connectivity index (χ1v) is 7.35. The number of hydrogen-bond donors (Lipinski definition) is 1. The molecule has 0 aliphatic rings. The molecule has 0 unspecified atom stereocenters. The summed E-state index contributed by atoms with van der Waals surface area (Å²) in [4.78, 5) is 31.3. The Morgan fingerprint density at radius 1 is 1.23 bits per heavy atom. The van der Waals surface area contributed by atoms with Gasteiger partial charge in [-0.05, 0) is 24.5 Å². The number of H-pyrrole nitrogens is 1. The Bertz CT molecular complexity index is 947. The van der Waals surface area contributed by atoms with Crippen LogP contribution < -0.4 is 11.2 Å². The van der Waals surface area contributed by atoms with Crippen molar-refractivity contribution in [3.8, 4) is 0 Å². The lowest BCUT2D eigenvalue weighted by Gasteiger charge is -2.17. The molecule has 0 radical (unpaired) electrons. The molecule has 1 aromatic carbocycles. The van der Waals surface area contributed by atoms with Crippen LogP contribution in [-0.2, 0) is 6.42 Å². The van der Waals surface area contributed by atoms with E-state index in [2.05, 4.69) is 9.97 Å². The second-order valence-corrected chi connectivity index (χ2v) is 5.52. The van der Waals surface area contributed by atoms with Gasteiger partial charge in [-0.3, -0.25) is 9.78 Å². The van der Waals surface area contributed by atoms with Crippen molar-refractivity contribution in [3.05, 3.63) is 62.7 Å². The normalized spacial score (nSPS) is 11.5. The number of aromatic amines is 1. The summed E-state index contributed by atoms with van der Waals surface area (Å²) in [6.07, 6.45) is 2.19. The van der Waals surface area contributed by atoms with Gasteiger partial charge in [0, 0.05) is 5.56 Å². The second kappa shape index (κ2) is 5.29. The fraction of sp³-hybridized carbons (Fsp3) is 0.312. The predicted molar refractivity (Wildman–Crippen MR) is 85.3 cm³/mol. The first kappa shape index (κ1) is 14.3. The minimum absolute atomic E-state index is 0.0281. The molecule has 6 nitrogen and oxygen atoms in total. The van der Waals surface area contributed by atoms with Crippen molar-refractivity contribution in [2.24, 2.45) is 0 Å². The highest BCUT2D eigenvalue weighted by Gasteiger charge is 2.18. The molecule has 0 saturated heterocycles. The van der Waals surface area contributed by atoms with Crippen molar-refractivity contribution in [1.29, 1.82) is 0 Å². The molecule has 0 aliphatic carbocycles. The van der Waals surface area contributed by atoms with Crippen molar-refractivity contribution in [1.82, 2.24) is 19.3 Å². The summed E-state index contributed by atoms with van der Waals surface area (Å²) >= 11 is 0. The largest absolute Gasteiger partial charge is 0.347 e. The van der Waals surface area contributed by atoms with Crippen LogP contribution in [0.5, 0.6) is 0 Å². The Kier molecular flexibility index (Phi) is 3.44. The van der Waals surface area contributed by atoms with Gasteiger partial charge in [-0.1, -0.05) is 32.9 Å². The number of benzene rings is 1. The van der Waals surface area contributed by atoms with Crippen LogP contribution in [0.3, 0.4) is 0 Å². The van der Waals surface area contributed by atoms with E-state index in [1.165, 1.54) is 4.68 Å². The minimum Gasteiger partial charge on any atom is -0.272 e. The van der Waals surface area contributed by atoms with Gasteiger partial charge in [0.05, 0.1) is 16.7 Å². The molecule has 3 rings (SSSR count). The third-order valence-corrected chi connectivity index (χ3v) is 3.79. The van der Waals surface area contributed by atoms with Gasteiger partial charge in [-0.15, -0.1) is 0 Å². The lowest BCUT2D eigenvalue weighted by Crippen LogP contribution is -2.38. The number of nitrogens with one attached hydrogen (secondary N) is 1. The average molecular weight is 298 g/mol. The van der Waals surface area contributed by atoms with E-state index in [0.29, 0.717) is 17.7 Å². The third kappa shape index (κ3) is 2.07. The molecular formula is C16H18N4O2. The van der Waals surface area contributed by atoms with Gasteiger partial charge in [0.1, 0.15) is 6.33 Å².